The molecule has 1 amide bonds. The first-order valence-electron chi connectivity index (χ1n) is 4.78. The monoisotopic (exact) mass is 243 g/mol. The van der Waals surface area contributed by atoms with Crippen molar-refractivity contribution in [3.05, 3.63) is 42.0 Å². The maximum Gasteiger partial charge on any atom is 0.573 e. The van der Waals surface area contributed by atoms with Crippen molar-refractivity contribution in [2.24, 2.45) is 0 Å². The third-order valence-corrected chi connectivity index (χ3v) is 2.19. The Balaban J connectivity index is 2.17. The van der Waals surface area contributed by atoms with E-state index in [0.717, 1.165) is 0 Å². The number of nitrogens with one attached hydrogen (secondary N) is 1. The third kappa shape index (κ3) is 2.99. The molecule has 0 radical (unpaired) electrons. The van der Waals surface area contributed by atoms with Gasteiger partial charge in [-0.3, -0.25) is 4.79 Å². The van der Waals surface area contributed by atoms with Gasteiger partial charge in [-0.1, -0.05) is 18.2 Å². The van der Waals surface area contributed by atoms with Gasteiger partial charge in [-0.2, -0.15) is 0 Å². The number of hydrogen-bond donors (Lipinski definition) is 1. The molecule has 1 aliphatic heterocycles. The van der Waals surface area contributed by atoms with Gasteiger partial charge in [0.15, 0.2) is 0 Å². The second-order valence-corrected chi connectivity index (χ2v) is 3.47. The van der Waals surface area contributed by atoms with E-state index in [1.165, 1.54) is 24.3 Å². The minimum absolute atomic E-state index is 0.267. The van der Waals surface area contributed by atoms with Crippen LogP contribution >= 0.6 is 0 Å². The van der Waals surface area contributed by atoms with E-state index in [9.17, 15) is 18.0 Å². The summed E-state index contributed by atoms with van der Waals surface area (Å²) in [4.78, 5) is 10.9. The van der Waals surface area contributed by atoms with Gasteiger partial charge in [-0.25, -0.2) is 0 Å². The summed E-state index contributed by atoms with van der Waals surface area (Å²) in [6.45, 7) is 0. The van der Waals surface area contributed by atoms with Crippen molar-refractivity contribution in [3.8, 4) is 5.75 Å². The molecule has 1 aliphatic rings. The van der Waals surface area contributed by atoms with Gasteiger partial charge in [0.1, 0.15) is 5.75 Å². The van der Waals surface area contributed by atoms with Gasteiger partial charge in [0.25, 0.3) is 0 Å². The number of hydrogen-bond acceptors (Lipinski definition) is 2. The highest BCUT2D eigenvalue weighted by atomic mass is 19.4. The summed E-state index contributed by atoms with van der Waals surface area (Å²) in [6.07, 6.45) is -1.80. The van der Waals surface area contributed by atoms with E-state index in [1.54, 1.807) is 12.1 Å². The Bertz CT molecular complexity index is 468. The quantitative estimate of drug-likeness (QED) is 0.865. The lowest BCUT2D eigenvalue weighted by atomic mass is 10.1. The Kier molecular flexibility index (Phi) is 2.79. The molecule has 17 heavy (non-hydrogen) atoms. The normalized spacial score (nSPS) is 19.2. The molecule has 3 nitrogen and oxygen atoms in total. The first-order valence-corrected chi connectivity index (χ1v) is 4.78. The first kappa shape index (κ1) is 11.5. The Labute approximate surface area is 94.9 Å². The van der Waals surface area contributed by atoms with Crippen LogP contribution in [-0.4, -0.2) is 12.3 Å². The summed E-state index contributed by atoms with van der Waals surface area (Å²) in [5, 5.41) is 2.57. The number of carbonyl (C=O) groups excluding carboxylic acids is 1. The topological polar surface area (TPSA) is 38.3 Å². The summed E-state index contributed by atoms with van der Waals surface area (Å²) in [5.41, 5.74) is 0.536. The maximum atomic E-state index is 12.0. The number of benzene rings is 1. The highest BCUT2D eigenvalue weighted by Gasteiger charge is 2.31. The van der Waals surface area contributed by atoms with Gasteiger partial charge in [-0.15, -0.1) is 13.2 Å². The summed E-state index contributed by atoms with van der Waals surface area (Å²) < 4.78 is 39.8. The van der Waals surface area contributed by atoms with Gasteiger partial charge in [-0.05, 0) is 17.7 Å². The smallest absolute Gasteiger partial charge is 0.406 e. The van der Waals surface area contributed by atoms with E-state index in [4.69, 9.17) is 0 Å². The molecule has 0 aromatic heterocycles. The van der Waals surface area contributed by atoms with E-state index in [2.05, 4.69) is 10.1 Å². The van der Waals surface area contributed by atoms with Crippen molar-refractivity contribution in [1.29, 1.82) is 0 Å². The molecular formula is C11H8F3NO2. The molecule has 1 heterocycles. The van der Waals surface area contributed by atoms with E-state index in [1.807, 2.05) is 0 Å². The Morgan fingerprint density at radius 3 is 2.65 bits per heavy atom. The molecule has 6 heteroatoms. The number of amides is 1. The number of alkyl halides is 3. The zero-order chi connectivity index (χ0) is 12.5. The molecule has 0 bridgehead atoms. The zero-order valence-corrected chi connectivity index (χ0v) is 8.49. The van der Waals surface area contributed by atoms with Crippen molar-refractivity contribution in [2.75, 3.05) is 0 Å². The summed E-state index contributed by atoms with van der Waals surface area (Å²) in [5.74, 6) is -0.568. The standard InChI is InChI=1S/C11H8F3NO2/c12-11(13,14)17-8-3-1-2-7(6-8)9-4-5-10(16)15-9/h1-6,9H,(H,15,16). The molecule has 0 aliphatic carbocycles. The lowest BCUT2D eigenvalue weighted by Gasteiger charge is -2.13. The van der Waals surface area contributed by atoms with Crippen LogP contribution in [0.15, 0.2) is 36.4 Å². The fourth-order valence-electron chi connectivity index (χ4n) is 1.53. The van der Waals surface area contributed by atoms with E-state index >= 15 is 0 Å². The van der Waals surface area contributed by atoms with Crippen LogP contribution in [0.4, 0.5) is 13.2 Å². The summed E-state index contributed by atoms with van der Waals surface area (Å²) in [7, 11) is 0. The van der Waals surface area contributed by atoms with Crippen LogP contribution < -0.4 is 10.1 Å². The molecular weight excluding hydrogens is 235 g/mol. The molecule has 0 spiro atoms. The van der Waals surface area contributed by atoms with Crippen LogP contribution in [0.1, 0.15) is 11.6 Å². The van der Waals surface area contributed by atoms with Crippen molar-refractivity contribution in [3.63, 3.8) is 0 Å². The minimum Gasteiger partial charge on any atom is -0.406 e. The molecule has 0 saturated heterocycles. The molecule has 1 N–H and O–H groups in total. The average Bonchev–Trinajstić information content (AvgIpc) is 2.63. The van der Waals surface area contributed by atoms with Crippen LogP contribution in [0, 0.1) is 0 Å². The van der Waals surface area contributed by atoms with Crippen LogP contribution in [0.3, 0.4) is 0 Å². The fourth-order valence-corrected chi connectivity index (χ4v) is 1.53. The fraction of sp³-hybridized carbons (Fsp3) is 0.182. The van der Waals surface area contributed by atoms with Crippen LogP contribution in [0.2, 0.25) is 0 Å². The highest BCUT2D eigenvalue weighted by Crippen LogP contribution is 2.26. The third-order valence-electron chi connectivity index (χ3n) is 2.19. The van der Waals surface area contributed by atoms with Crippen LogP contribution in [-0.2, 0) is 4.79 Å². The molecule has 2 rings (SSSR count). The molecule has 1 aromatic carbocycles. The van der Waals surface area contributed by atoms with Gasteiger partial charge < -0.3 is 10.1 Å². The number of halogens is 3. The molecule has 1 aromatic rings. The number of ether oxygens (including phenoxy) is 1. The van der Waals surface area contributed by atoms with Gasteiger partial charge in [0.05, 0.1) is 6.04 Å². The van der Waals surface area contributed by atoms with Crippen molar-refractivity contribution < 1.29 is 22.7 Å². The van der Waals surface area contributed by atoms with Crippen molar-refractivity contribution in [2.45, 2.75) is 12.4 Å². The van der Waals surface area contributed by atoms with E-state index < -0.39 is 12.4 Å². The van der Waals surface area contributed by atoms with Gasteiger partial charge in [0, 0.05) is 6.08 Å². The largest absolute Gasteiger partial charge is 0.573 e. The maximum absolute atomic E-state index is 12.0. The predicted octanol–water partition coefficient (Wildman–Crippen LogP) is 2.31. The second-order valence-electron chi connectivity index (χ2n) is 3.47. The molecule has 0 saturated carbocycles. The molecule has 1 unspecified atom stereocenters. The first-order chi connectivity index (χ1) is 7.94. The second kappa shape index (κ2) is 4.12. The number of carbonyl (C=O) groups is 1. The molecule has 1 atom stereocenters. The summed E-state index contributed by atoms with van der Waals surface area (Å²) in [6, 6.07) is 5.10. The van der Waals surface area contributed by atoms with Gasteiger partial charge in [0.2, 0.25) is 5.91 Å². The van der Waals surface area contributed by atoms with E-state index in [0.29, 0.717) is 5.56 Å². The molecule has 0 fully saturated rings. The highest BCUT2D eigenvalue weighted by molar-refractivity contribution is 5.90. The van der Waals surface area contributed by atoms with Crippen LogP contribution in [0.5, 0.6) is 5.75 Å². The Hall–Kier alpha value is -1.98. The lowest BCUT2D eigenvalue weighted by molar-refractivity contribution is -0.274. The Morgan fingerprint density at radius 1 is 1.29 bits per heavy atom. The van der Waals surface area contributed by atoms with Gasteiger partial charge >= 0.3 is 6.36 Å². The SMILES string of the molecule is O=C1C=CC(c2cccc(OC(F)(F)F)c2)N1. The predicted molar refractivity (Wildman–Crippen MR) is 53.1 cm³/mol. The van der Waals surface area contributed by atoms with E-state index in [-0.39, 0.29) is 11.7 Å². The Morgan fingerprint density at radius 2 is 2.06 bits per heavy atom. The number of rotatable bonds is 2. The molecule has 90 valence electrons. The van der Waals surface area contributed by atoms with Crippen molar-refractivity contribution >= 4 is 5.91 Å². The van der Waals surface area contributed by atoms with Crippen molar-refractivity contribution in [1.82, 2.24) is 5.32 Å². The summed E-state index contributed by atoms with van der Waals surface area (Å²) >= 11 is 0. The van der Waals surface area contributed by atoms with Crippen LogP contribution in [0.25, 0.3) is 0 Å². The lowest BCUT2D eigenvalue weighted by Crippen LogP contribution is -2.20. The average molecular weight is 243 g/mol. The zero-order valence-electron chi connectivity index (χ0n) is 8.49. The minimum atomic E-state index is -4.71.